The van der Waals surface area contributed by atoms with Gasteiger partial charge in [0.05, 0.1) is 38.5 Å². The maximum Gasteiger partial charge on any atom is 0.234 e. The molecule has 0 aromatic heterocycles. The Hall–Kier alpha value is -2.87. The van der Waals surface area contributed by atoms with Crippen molar-refractivity contribution in [1.82, 2.24) is 0 Å². The SMILES string of the molecule is COc1ccc(NC(=O)CSCC(=O)Nc2ccc(OC)cc2OC)cc1. The van der Waals surface area contributed by atoms with Gasteiger partial charge in [-0.05, 0) is 36.4 Å². The minimum Gasteiger partial charge on any atom is -0.497 e. The number of benzene rings is 2. The van der Waals surface area contributed by atoms with Crippen LogP contribution in [0.25, 0.3) is 0 Å². The molecule has 2 aromatic carbocycles. The van der Waals surface area contributed by atoms with Gasteiger partial charge in [-0.3, -0.25) is 9.59 Å². The number of thioether (sulfide) groups is 1. The Bertz CT molecular complexity index is 780. The predicted molar refractivity (Wildman–Crippen MR) is 107 cm³/mol. The molecule has 2 rings (SSSR count). The zero-order valence-electron chi connectivity index (χ0n) is 15.4. The Morgan fingerprint density at radius 3 is 2.00 bits per heavy atom. The van der Waals surface area contributed by atoms with Crippen molar-refractivity contribution in [2.24, 2.45) is 0 Å². The number of rotatable bonds is 9. The maximum absolute atomic E-state index is 12.1. The van der Waals surface area contributed by atoms with Crippen molar-refractivity contribution in [3.05, 3.63) is 42.5 Å². The lowest BCUT2D eigenvalue weighted by molar-refractivity contribution is -0.114. The summed E-state index contributed by atoms with van der Waals surface area (Å²) in [7, 11) is 4.65. The molecule has 0 aliphatic heterocycles. The number of carbonyl (C=O) groups is 2. The molecule has 0 atom stereocenters. The van der Waals surface area contributed by atoms with E-state index < -0.39 is 0 Å². The van der Waals surface area contributed by atoms with E-state index in [1.165, 1.54) is 18.9 Å². The summed E-state index contributed by atoms with van der Waals surface area (Å²) in [5.74, 6) is 1.76. The third kappa shape index (κ3) is 6.41. The van der Waals surface area contributed by atoms with Crippen LogP contribution in [-0.4, -0.2) is 44.6 Å². The van der Waals surface area contributed by atoms with Crippen LogP contribution in [-0.2, 0) is 9.59 Å². The molecule has 0 spiro atoms. The maximum atomic E-state index is 12.1. The van der Waals surface area contributed by atoms with E-state index in [0.29, 0.717) is 28.6 Å². The Morgan fingerprint density at radius 2 is 1.41 bits per heavy atom. The minimum absolute atomic E-state index is 0.144. The van der Waals surface area contributed by atoms with E-state index in [1.54, 1.807) is 56.7 Å². The second kappa shape index (κ2) is 10.3. The fraction of sp³-hybridized carbons (Fsp3) is 0.263. The van der Waals surface area contributed by atoms with Gasteiger partial charge in [-0.2, -0.15) is 0 Å². The first-order chi connectivity index (χ1) is 13.0. The van der Waals surface area contributed by atoms with Gasteiger partial charge in [-0.1, -0.05) is 0 Å². The van der Waals surface area contributed by atoms with Crippen molar-refractivity contribution in [2.45, 2.75) is 0 Å². The van der Waals surface area contributed by atoms with Crippen LogP contribution >= 0.6 is 11.8 Å². The first-order valence-electron chi connectivity index (χ1n) is 8.09. The van der Waals surface area contributed by atoms with E-state index in [1.807, 2.05) is 0 Å². The second-order valence-electron chi connectivity index (χ2n) is 5.38. The lowest BCUT2D eigenvalue weighted by atomic mass is 10.2. The lowest BCUT2D eigenvalue weighted by Gasteiger charge is -2.11. The minimum atomic E-state index is -0.222. The number of nitrogens with one attached hydrogen (secondary N) is 2. The van der Waals surface area contributed by atoms with E-state index >= 15 is 0 Å². The normalized spacial score (nSPS) is 10.0. The zero-order chi connectivity index (χ0) is 19.6. The highest BCUT2D eigenvalue weighted by Crippen LogP contribution is 2.29. The Morgan fingerprint density at radius 1 is 0.815 bits per heavy atom. The van der Waals surface area contributed by atoms with Crippen LogP contribution in [0.15, 0.2) is 42.5 Å². The van der Waals surface area contributed by atoms with Crippen LogP contribution < -0.4 is 24.8 Å². The molecule has 0 bridgehead atoms. The van der Waals surface area contributed by atoms with Gasteiger partial charge in [0, 0.05) is 11.8 Å². The van der Waals surface area contributed by atoms with Crippen LogP contribution in [0.3, 0.4) is 0 Å². The molecule has 0 saturated heterocycles. The summed E-state index contributed by atoms with van der Waals surface area (Å²) in [5, 5.41) is 5.53. The predicted octanol–water partition coefficient (Wildman–Crippen LogP) is 3.02. The summed E-state index contributed by atoms with van der Waals surface area (Å²) in [4.78, 5) is 24.0. The molecule has 2 aromatic rings. The third-order valence-electron chi connectivity index (χ3n) is 3.52. The summed E-state index contributed by atoms with van der Waals surface area (Å²) < 4.78 is 15.4. The van der Waals surface area contributed by atoms with Crippen LogP contribution in [0.4, 0.5) is 11.4 Å². The van der Waals surface area contributed by atoms with Crippen molar-refractivity contribution in [3.8, 4) is 17.2 Å². The summed E-state index contributed by atoms with van der Waals surface area (Å²) in [6.45, 7) is 0. The number of hydrogen-bond donors (Lipinski definition) is 2. The standard InChI is InChI=1S/C19H22N2O5S/c1-24-14-6-4-13(5-7-14)20-18(22)11-27-12-19(23)21-16-9-8-15(25-2)10-17(16)26-3/h4-10H,11-12H2,1-3H3,(H,20,22)(H,21,23). The number of methoxy groups -OCH3 is 3. The van der Waals surface area contributed by atoms with E-state index in [-0.39, 0.29) is 23.3 Å². The van der Waals surface area contributed by atoms with Crippen molar-refractivity contribution in [1.29, 1.82) is 0 Å². The molecule has 27 heavy (non-hydrogen) atoms. The summed E-state index contributed by atoms with van der Waals surface area (Å²) in [6, 6.07) is 12.2. The van der Waals surface area contributed by atoms with Gasteiger partial charge in [0.2, 0.25) is 11.8 Å². The Labute approximate surface area is 162 Å². The average molecular weight is 390 g/mol. The van der Waals surface area contributed by atoms with Crippen LogP contribution in [0, 0.1) is 0 Å². The smallest absolute Gasteiger partial charge is 0.234 e. The van der Waals surface area contributed by atoms with Gasteiger partial charge in [0.25, 0.3) is 0 Å². The van der Waals surface area contributed by atoms with E-state index in [2.05, 4.69) is 10.6 Å². The average Bonchev–Trinajstić information content (AvgIpc) is 2.68. The van der Waals surface area contributed by atoms with Crippen molar-refractivity contribution in [3.63, 3.8) is 0 Å². The zero-order valence-corrected chi connectivity index (χ0v) is 16.2. The highest BCUT2D eigenvalue weighted by molar-refractivity contribution is 8.00. The van der Waals surface area contributed by atoms with Gasteiger partial charge in [-0.15, -0.1) is 11.8 Å². The van der Waals surface area contributed by atoms with Gasteiger partial charge < -0.3 is 24.8 Å². The topological polar surface area (TPSA) is 85.9 Å². The molecule has 144 valence electrons. The molecule has 8 heteroatoms. The Balaban J connectivity index is 1.77. The molecule has 2 amide bonds. The molecular formula is C19H22N2O5S. The highest BCUT2D eigenvalue weighted by atomic mass is 32.2. The van der Waals surface area contributed by atoms with Gasteiger partial charge >= 0.3 is 0 Å². The van der Waals surface area contributed by atoms with Gasteiger partial charge in [-0.25, -0.2) is 0 Å². The van der Waals surface area contributed by atoms with E-state index in [9.17, 15) is 9.59 Å². The van der Waals surface area contributed by atoms with Crippen molar-refractivity contribution >= 4 is 35.0 Å². The molecule has 0 radical (unpaired) electrons. The first-order valence-corrected chi connectivity index (χ1v) is 9.24. The molecule has 0 aliphatic rings. The molecule has 0 aliphatic carbocycles. The fourth-order valence-corrected chi connectivity index (χ4v) is 2.81. The van der Waals surface area contributed by atoms with Crippen LogP contribution in [0.5, 0.6) is 17.2 Å². The second-order valence-corrected chi connectivity index (χ2v) is 6.37. The molecule has 7 nitrogen and oxygen atoms in total. The molecule has 0 heterocycles. The van der Waals surface area contributed by atoms with Crippen molar-refractivity contribution < 1.29 is 23.8 Å². The lowest BCUT2D eigenvalue weighted by Crippen LogP contribution is -2.18. The number of anilines is 2. The number of carbonyl (C=O) groups excluding carboxylic acids is 2. The van der Waals surface area contributed by atoms with Crippen LogP contribution in [0.1, 0.15) is 0 Å². The van der Waals surface area contributed by atoms with Gasteiger partial charge in [0.1, 0.15) is 17.2 Å². The summed E-state index contributed by atoms with van der Waals surface area (Å²) in [5.41, 5.74) is 1.22. The fourth-order valence-electron chi connectivity index (χ4n) is 2.20. The largest absolute Gasteiger partial charge is 0.497 e. The quantitative estimate of drug-likeness (QED) is 0.685. The van der Waals surface area contributed by atoms with Crippen molar-refractivity contribution in [2.75, 3.05) is 43.5 Å². The number of hydrogen-bond acceptors (Lipinski definition) is 6. The molecule has 0 saturated carbocycles. The van der Waals surface area contributed by atoms with E-state index in [4.69, 9.17) is 14.2 Å². The Kier molecular flexibility index (Phi) is 7.81. The molecule has 0 fully saturated rings. The third-order valence-corrected chi connectivity index (χ3v) is 4.46. The summed E-state index contributed by atoms with van der Waals surface area (Å²) in [6.07, 6.45) is 0. The first kappa shape index (κ1) is 20.4. The summed E-state index contributed by atoms with van der Waals surface area (Å²) >= 11 is 1.22. The van der Waals surface area contributed by atoms with Gasteiger partial charge in [0.15, 0.2) is 0 Å². The highest BCUT2D eigenvalue weighted by Gasteiger charge is 2.10. The molecular weight excluding hydrogens is 368 g/mol. The van der Waals surface area contributed by atoms with Crippen LogP contribution in [0.2, 0.25) is 0 Å². The molecule has 2 N–H and O–H groups in total. The number of amides is 2. The monoisotopic (exact) mass is 390 g/mol. The van der Waals surface area contributed by atoms with E-state index in [0.717, 1.165) is 0 Å². The number of ether oxygens (including phenoxy) is 3. The molecule has 0 unspecified atom stereocenters.